The molecule has 0 unspecified atom stereocenters. The third-order valence-electron chi connectivity index (χ3n) is 2.08. The van der Waals surface area contributed by atoms with E-state index < -0.39 is 5.54 Å². The first-order valence-corrected chi connectivity index (χ1v) is 4.59. The summed E-state index contributed by atoms with van der Waals surface area (Å²) < 4.78 is 4.65. The summed E-state index contributed by atoms with van der Waals surface area (Å²) in [5.74, 6) is -0.346. The van der Waals surface area contributed by atoms with Gasteiger partial charge < -0.3 is 10.5 Å². The number of carbonyl (C=O) groups is 1. The first-order valence-electron chi connectivity index (χ1n) is 4.59. The van der Waals surface area contributed by atoms with Crippen molar-refractivity contribution in [3.63, 3.8) is 0 Å². The molecule has 3 heteroatoms. The lowest BCUT2D eigenvalue weighted by atomic mass is 9.90. The summed E-state index contributed by atoms with van der Waals surface area (Å²) in [5, 5.41) is 0. The van der Waals surface area contributed by atoms with Gasteiger partial charge in [0.15, 0.2) is 0 Å². The zero-order chi connectivity index (χ0) is 10.3. The van der Waals surface area contributed by atoms with E-state index in [9.17, 15) is 4.79 Å². The monoisotopic (exact) mass is 185 g/mol. The van der Waals surface area contributed by atoms with Crippen LogP contribution >= 0.6 is 0 Å². The minimum Gasteiger partial charge on any atom is -0.468 e. The predicted molar refractivity (Wildman–Crippen MR) is 53.3 cm³/mol. The largest absolute Gasteiger partial charge is 0.468 e. The van der Waals surface area contributed by atoms with Crippen molar-refractivity contribution in [2.45, 2.75) is 38.1 Å². The molecule has 1 atom stereocenters. The summed E-state index contributed by atoms with van der Waals surface area (Å²) in [5.41, 5.74) is 5.03. The first-order chi connectivity index (χ1) is 6.10. The van der Waals surface area contributed by atoms with Gasteiger partial charge in [0.2, 0.25) is 0 Å². The molecule has 0 aliphatic carbocycles. The lowest BCUT2D eigenvalue weighted by Crippen LogP contribution is -2.48. The number of nitrogens with two attached hydrogens (primary N) is 1. The molecule has 0 rings (SSSR count). The molecule has 0 saturated carbocycles. The standard InChI is InChI=1S/C10H19NO2/c1-4-6-8-10(11,7-5-2)9(12)13-3/h5H,2,4,6-8,11H2,1,3H3/t10-/m0/s1. The highest BCUT2D eigenvalue weighted by molar-refractivity contribution is 5.80. The Bertz CT molecular complexity index is 180. The SMILES string of the molecule is C=CC[C@](N)(CCCC)C(=O)OC. The molecule has 0 aliphatic rings. The molecule has 0 aromatic heterocycles. The van der Waals surface area contributed by atoms with Gasteiger partial charge in [0.05, 0.1) is 7.11 Å². The van der Waals surface area contributed by atoms with Gasteiger partial charge in [0.1, 0.15) is 5.54 Å². The molecule has 0 radical (unpaired) electrons. The van der Waals surface area contributed by atoms with Crippen LogP contribution in [-0.2, 0) is 9.53 Å². The van der Waals surface area contributed by atoms with Gasteiger partial charge in [-0.05, 0) is 12.8 Å². The van der Waals surface area contributed by atoms with E-state index in [1.165, 1.54) is 7.11 Å². The van der Waals surface area contributed by atoms with E-state index >= 15 is 0 Å². The second-order valence-electron chi connectivity index (χ2n) is 3.24. The molecule has 0 aromatic rings. The highest BCUT2D eigenvalue weighted by Gasteiger charge is 2.32. The van der Waals surface area contributed by atoms with Crippen molar-refractivity contribution >= 4 is 5.97 Å². The molecule has 0 aromatic carbocycles. The zero-order valence-corrected chi connectivity index (χ0v) is 8.51. The summed E-state index contributed by atoms with van der Waals surface area (Å²) in [6.07, 6.45) is 4.74. The van der Waals surface area contributed by atoms with Crippen molar-refractivity contribution in [2.75, 3.05) is 7.11 Å². The molecule has 0 heterocycles. The molecule has 2 N–H and O–H groups in total. The molecular weight excluding hydrogens is 166 g/mol. The van der Waals surface area contributed by atoms with Gasteiger partial charge in [-0.15, -0.1) is 6.58 Å². The molecular formula is C10H19NO2. The summed E-state index contributed by atoms with van der Waals surface area (Å²) >= 11 is 0. The maximum atomic E-state index is 11.3. The third-order valence-corrected chi connectivity index (χ3v) is 2.08. The normalized spacial score (nSPS) is 14.7. The molecule has 0 bridgehead atoms. The second-order valence-corrected chi connectivity index (χ2v) is 3.24. The van der Waals surface area contributed by atoms with Crippen molar-refractivity contribution < 1.29 is 9.53 Å². The van der Waals surface area contributed by atoms with Crippen LogP contribution in [0.2, 0.25) is 0 Å². The summed E-state index contributed by atoms with van der Waals surface area (Å²) in [6.45, 7) is 5.64. The van der Waals surface area contributed by atoms with Gasteiger partial charge in [-0.1, -0.05) is 25.8 Å². The van der Waals surface area contributed by atoms with Crippen LogP contribution in [0.25, 0.3) is 0 Å². The maximum Gasteiger partial charge on any atom is 0.326 e. The van der Waals surface area contributed by atoms with Crippen LogP contribution in [0, 0.1) is 0 Å². The van der Waals surface area contributed by atoms with E-state index in [0.717, 1.165) is 12.8 Å². The van der Waals surface area contributed by atoms with Crippen LogP contribution in [0.3, 0.4) is 0 Å². The van der Waals surface area contributed by atoms with E-state index in [0.29, 0.717) is 12.8 Å². The maximum absolute atomic E-state index is 11.3. The number of unbranched alkanes of at least 4 members (excludes halogenated alkanes) is 1. The summed E-state index contributed by atoms with van der Waals surface area (Å²) in [4.78, 5) is 11.3. The van der Waals surface area contributed by atoms with E-state index in [-0.39, 0.29) is 5.97 Å². The van der Waals surface area contributed by atoms with Gasteiger partial charge in [-0.3, -0.25) is 4.79 Å². The average Bonchev–Trinajstić information content (AvgIpc) is 2.14. The molecule has 3 nitrogen and oxygen atoms in total. The Balaban J connectivity index is 4.31. The molecule has 0 spiro atoms. The fourth-order valence-electron chi connectivity index (χ4n) is 1.24. The Kier molecular flexibility index (Phi) is 5.39. The van der Waals surface area contributed by atoms with Gasteiger partial charge in [-0.2, -0.15) is 0 Å². The van der Waals surface area contributed by atoms with E-state index in [1.54, 1.807) is 6.08 Å². The molecule has 0 aliphatic heterocycles. The van der Waals surface area contributed by atoms with Crippen molar-refractivity contribution in [1.82, 2.24) is 0 Å². The Hall–Kier alpha value is -0.830. The van der Waals surface area contributed by atoms with E-state index in [4.69, 9.17) is 5.73 Å². The van der Waals surface area contributed by atoms with E-state index in [1.807, 2.05) is 0 Å². The fourth-order valence-corrected chi connectivity index (χ4v) is 1.24. The highest BCUT2D eigenvalue weighted by atomic mass is 16.5. The average molecular weight is 185 g/mol. The van der Waals surface area contributed by atoms with Gasteiger partial charge in [0.25, 0.3) is 0 Å². The van der Waals surface area contributed by atoms with Crippen LogP contribution in [0.5, 0.6) is 0 Å². The predicted octanol–water partition coefficient (Wildman–Crippen LogP) is 1.62. The molecule has 0 amide bonds. The van der Waals surface area contributed by atoms with Crippen molar-refractivity contribution in [1.29, 1.82) is 0 Å². The number of rotatable bonds is 6. The lowest BCUT2D eigenvalue weighted by molar-refractivity contribution is -0.147. The fraction of sp³-hybridized carbons (Fsp3) is 0.700. The van der Waals surface area contributed by atoms with Crippen LogP contribution in [0.15, 0.2) is 12.7 Å². The number of hydrogen-bond acceptors (Lipinski definition) is 3. The van der Waals surface area contributed by atoms with Crippen LogP contribution in [0.1, 0.15) is 32.6 Å². The van der Waals surface area contributed by atoms with Gasteiger partial charge in [0, 0.05) is 0 Å². The van der Waals surface area contributed by atoms with Crippen molar-refractivity contribution in [2.24, 2.45) is 5.73 Å². The first kappa shape index (κ1) is 12.2. The minimum absolute atomic E-state index is 0.346. The summed E-state index contributed by atoms with van der Waals surface area (Å²) in [7, 11) is 1.36. The Morgan fingerprint density at radius 1 is 1.69 bits per heavy atom. The third kappa shape index (κ3) is 3.59. The second kappa shape index (κ2) is 5.75. The summed E-state index contributed by atoms with van der Waals surface area (Å²) in [6, 6.07) is 0. The van der Waals surface area contributed by atoms with Crippen LogP contribution < -0.4 is 5.73 Å². The lowest BCUT2D eigenvalue weighted by Gasteiger charge is -2.24. The Morgan fingerprint density at radius 2 is 2.31 bits per heavy atom. The quantitative estimate of drug-likeness (QED) is 0.505. The minimum atomic E-state index is -0.869. The Morgan fingerprint density at radius 3 is 2.69 bits per heavy atom. The van der Waals surface area contributed by atoms with Gasteiger partial charge in [-0.25, -0.2) is 0 Å². The van der Waals surface area contributed by atoms with E-state index in [2.05, 4.69) is 18.2 Å². The van der Waals surface area contributed by atoms with Crippen LogP contribution in [0.4, 0.5) is 0 Å². The number of esters is 1. The number of ether oxygens (including phenoxy) is 1. The Labute approximate surface area is 79.9 Å². The smallest absolute Gasteiger partial charge is 0.326 e. The molecule has 13 heavy (non-hydrogen) atoms. The topological polar surface area (TPSA) is 52.3 Å². The molecule has 0 saturated heterocycles. The molecule has 0 fully saturated rings. The van der Waals surface area contributed by atoms with Crippen molar-refractivity contribution in [3.8, 4) is 0 Å². The number of methoxy groups -OCH3 is 1. The number of carbonyl (C=O) groups excluding carboxylic acids is 1. The van der Waals surface area contributed by atoms with Crippen molar-refractivity contribution in [3.05, 3.63) is 12.7 Å². The zero-order valence-electron chi connectivity index (χ0n) is 8.51. The van der Waals surface area contributed by atoms with Crippen LogP contribution in [-0.4, -0.2) is 18.6 Å². The number of hydrogen-bond donors (Lipinski definition) is 1. The van der Waals surface area contributed by atoms with Gasteiger partial charge >= 0.3 is 5.97 Å². The highest BCUT2D eigenvalue weighted by Crippen LogP contribution is 2.17. The molecule has 76 valence electrons.